The Labute approximate surface area is 89.8 Å². The molecule has 0 saturated carbocycles. The Balaban J connectivity index is 2.53. The second kappa shape index (κ2) is 5.86. The summed E-state index contributed by atoms with van der Waals surface area (Å²) in [6.45, 7) is 2.32. The standard InChI is InChI=1S/C12H15NO2/c1-3-5-12(14)13-9-10-6-4-7-11(8-10)15-2/h3-8H,9H2,1-2H3,(H,13,14)/b5-3+. The van der Waals surface area contributed by atoms with Gasteiger partial charge in [-0.3, -0.25) is 4.79 Å². The lowest BCUT2D eigenvalue weighted by atomic mass is 10.2. The molecule has 3 heteroatoms. The fourth-order valence-electron chi connectivity index (χ4n) is 1.18. The SMILES string of the molecule is C/C=C/C(=O)NCc1cccc(OC)c1. The summed E-state index contributed by atoms with van der Waals surface area (Å²) >= 11 is 0. The van der Waals surface area contributed by atoms with Crippen molar-refractivity contribution in [1.82, 2.24) is 5.32 Å². The molecule has 0 aliphatic carbocycles. The maximum Gasteiger partial charge on any atom is 0.243 e. The molecule has 15 heavy (non-hydrogen) atoms. The van der Waals surface area contributed by atoms with Gasteiger partial charge in [-0.2, -0.15) is 0 Å². The van der Waals surface area contributed by atoms with E-state index in [0.29, 0.717) is 6.54 Å². The first-order valence-electron chi connectivity index (χ1n) is 4.79. The van der Waals surface area contributed by atoms with Crippen LogP contribution in [0.3, 0.4) is 0 Å². The lowest BCUT2D eigenvalue weighted by molar-refractivity contribution is -0.116. The molecule has 0 aliphatic rings. The maximum atomic E-state index is 11.1. The molecule has 0 saturated heterocycles. The van der Waals surface area contributed by atoms with E-state index in [1.54, 1.807) is 13.2 Å². The van der Waals surface area contributed by atoms with Crippen LogP contribution < -0.4 is 10.1 Å². The van der Waals surface area contributed by atoms with Gasteiger partial charge in [0, 0.05) is 6.54 Å². The van der Waals surface area contributed by atoms with Crippen molar-refractivity contribution >= 4 is 5.91 Å². The summed E-state index contributed by atoms with van der Waals surface area (Å²) in [5, 5.41) is 2.77. The van der Waals surface area contributed by atoms with Crippen molar-refractivity contribution in [3.05, 3.63) is 42.0 Å². The van der Waals surface area contributed by atoms with Gasteiger partial charge in [-0.25, -0.2) is 0 Å². The summed E-state index contributed by atoms with van der Waals surface area (Å²) in [6.07, 6.45) is 3.21. The Morgan fingerprint density at radius 1 is 1.53 bits per heavy atom. The fraction of sp³-hybridized carbons (Fsp3) is 0.250. The first-order chi connectivity index (χ1) is 7.26. The molecule has 0 aromatic heterocycles. The maximum absolute atomic E-state index is 11.1. The van der Waals surface area contributed by atoms with E-state index >= 15 is 0 Å². The first kappa shape index (κ1) is 11.3. The second-order valence-corrected chi connectivity index (χ2v) is 3.07. The van der Waals surface area contributed by atoms with E-state index in [0.717, 1.165) is 11.3 Å². The zero-order valence-electron chi connectivity index (χ0n) is 8.99. The summed E-state index contributed by atoms with van der Waals surface area (Å²) < 4.78 is 5.08. The molecule has 1 aromatic rings. The van der Waals surface area contributed by atoms with Gasteiger partial charge in [0.1, 0.15) is 5.75 Å². The monoisotopic (exact) mass is 205 g/mol. The Morgan fingerprint density at radius 3 is 3.00 bits per heavy atom. The zero-order chi connectivity index (χ0) is 11.1. The molecule has 0 bridgehead atoms. The van der Waals surface area contributed by atoms with Gasteiger partial charge < -0.3 is 10.1 Å². The van der Waals surface area contributed by atoms with E-state index in [1.165, 1.54) is 6.08 Å². The molecule has 0 fully saturated rings. The molecule has 0 aliphatic heterocycles. The number of allylic oxidation sites excluding steroid dienone is 1. The van der Waals surface area contributed by atoms with Crippen LogP contribution in [-0.4, -0.2) is 13.0 Å². The number of carbonyl (C=O) groups is 1. The number of amides is 1. The molecular formula is C12H15NO2. The van der Waals surface area contributed by atoms with E-state index < -0.39 is 0 Å². The normalized spacial score (nSPS) is 10.3. The van der Waals surface area contributed by atoms with Crippen molar-refractivity contribution in [2.24, 2.45) is 0 Å². The number of ether oxygens (including phenoxy) is 1. The van der Waals surface area contributed by atoms with Gasteiger partial charge >= 0.3 is 0 Å². The van der Waals surface area contributed by atoms with Crippen LogP contribution in [0.1, 0.15) is 12.5 Å². The molecule has 0 atom stereocenters. The Hall–Kier alpha value is -1.77. The van der Waals surface area contributed by atoms with Gasteiger partial charge in [-0.15, -0.1) is 0 Å². The Morgan fingerprint density at radius 2 is 2.33 bits per heavy atom. The molecule has 0 radical (unpaired) electrons. The smallest absolute Gasteiger partial charge is 0.243 e. The van der Waals surface area contributed by atoms with E-state index in [2.05, 4.69) is 5.32 Å². The van der Waals surface area contributed by atoms with E-state index in [9.17, 15) is 4.79 Å². The minimum absolute atomic E-state index is 0.0830. The van der Waals surface area contributed by atoms with Gasteiger partial charge in [0.05, 0.1) is 7.11 Å². The van der Waals surface area contributed by atoms with E-state index in [1.807, 2.05) is 31.2 Å². The summed E-state index contributed by atoms with van der Waals surface area (Å²) in [5.41, 5.74) is 1.02. The van der Waals surface area contributed by atoms with Crippen LogP contribution in [0.4, 0.5) is 0 Å². The highest BCUT2D eigenvalue weighted by atomic mass is 16.5. The highest BCUT2D eigenvalue weighted by molar-refractivity contribution is 5.87. The van der Waals surface area contributed by atoms with Crippen LogP contribution in [0.15, 0.2) is 36.4 Å². The minimum atomic E-state index is -0.0830. The third-order valence-electron chi connectivity index (χ3n) is 1.92. The average Bonchev–Trinajstić information content (AvgIpc) is 2.27. The topological polar surface area (TPSA) is 38.3 Å². The first-order valence-corrected chi connectivity index (χ1v) is 4.79. The van der Waals surface area contributed by atoms with E-state index in [-0.39, 0.29) is 5.91 Å². The summed E-state index contributed by atoms with van der Waals surface area (Å²) in [5.74, 6) is 0.716. The fourth-order valence-corrected chi connectivity index (χ4v) is 1.18. The van der Waals surface area contributed by atoms with Crippen LogP contribution in [0.2, 0.25) is 0 Å². The number of hydrogen-bond acceptors (Lipinski definition) is 2. The lowest BCUT2D eigenvalue weighted by Gasteiger charge is -2.04. The quantitative estimate of drug-likeness (QED) is 0.762. The molecule has 0 unspecified atom stereocenters. The number of hydrogen-bond donors (Lipinski definition) is 1. The van der Waals surface area contributed by atoms with Crippen molar-refractivity contribution in [2.45, 2.75) is 13.5 Å². The third kappa shape index (κ3) is 3.85. The lowest BCUT2D eigenvalue weighted by Crippen LogP contribution is -2.20. The Kier molecular flexibility index (Phi) is 4.41. The minimum Gasteiger partial charge on any atom is -0.497 e. The average molecular weight is 205 g/mol. The van der Waals surface area contributed by atoms with Crippen molar-refractivity contribution < 1.29 is 9.53 Å². The predicted octanol–water partition coefficient (Wildman–Crippen LogP) is 1.89. The molecule has 1 aromatic carbocycles. The molecule has 0 spiro atoms. The highest BCUT2D eigenvalue weighted by Gasteiger charge is 1.97. The molecular weight excluding hydrogens is 190 g/mol. The zero-order valence-corrected chi connectivity index (χ0v) is 8.99. The third-order valence-corrected chi connectivity index (χ3v) is 1.92. The van der Waals surface area contributed by atoms with Gasteiger partial charge in [-0.1, -0.05) is 18.2 Å². The van der Waals surface area contributed by atoms with Gasteiger partial charge in [0.15, 0.2) is 0 Å². The van der Waals surface area contributed by atoms with E-state index in [4.69, 9.17) is 4.74 Å². The summed E-state index contributed by atoms with van der Waals surface area (Å²) in [4.78, 5) is 11.1. The van der Waals surface area contributed by atoms with Crippen LogP contribution in [0, 0.1) is 0 Å². The summed E-state index contributed by atoms with van der Waals surface area (Å²) in [6, 6.07) is 7.61. The molecule has 1 amide bonds. The number of carbonyl (C=O) groups excluding carboxylic acids is 1. The number of nitrogens with one attached hydrogen (secondary N) is 1. The molecule has 1 N–H and O–H groups in total. The van der Waals surface area contributed by atoms with Crippen LogP contribution in [-0.2, 0) is 11.3 Å². The van der Waals surface area contributed by atoms with Gasteiger partial charge in [-0.05, 0) is 30.7 Å². The van der Waals surface area contributed by atoms with Crippen LogP contribution in [0.5, 0.6) is 5.75 Å². The number of rotatable bonds is 4. The number of methoxy groups -OCH3 is 1. The molecule has 0 heterocycles. The Bertz CT molecular complexity index is 358. The highest BCUT2D eigenvalue weighted by Crippen LogP contribution is 2.11. The van der Waals surface area contributed by atoms with Crippen molar-refractivity contribution in [1.29, 1.82) is 0 Å². The van der Waals surface area contributed by atoms with Crippen LogP contribution in [0.25, 0.3) is 0 Å². The number of benzene rings is 1. The largest absolute Gasteiger partial charge is 0.497 e. The predicted molar refractivity (Wildman–Crippen MR) is 59.7 cm³/mol. The van der Waals surface area contributed by atoms with Crippen molar-refractivity contribution in [2.75, 3.05) is 7.11 Å². The van der Waals surface area contributed by atoms with Gasteiger partial charge in [0.25, 0.3) is 0 Å². The summed E-state index contributed by atoms with van der Waals surface area (Å²) in [7, 11) is 1.62. The van der Waals surface area contributed by atoms with Gasteiger partial charge in [0.2, 0.25) is 5.91 Å². The van der Waals surface area contributed by atoms with Crippen molar-refractivity contribution in [3.8, 4) is 5.75 Å². The second-order valence-electron chi connectivity index (χ2n) is 3.07. The molecule has 3 nitrogen and oxygen atoms in total. The van der Waals surface area contributed by atoms with Crippen LogP contribution >= 0.6 is 0 Å². The van der Waals surface area contributed by atoms with Crippen molar-refractivity contribution in [3.63, 3.8) is 0 Å². The molecule has 80 valence electrons. The molecule has 1 rings (SSSR count).